The Morgan fingerprint density at radius 2 is 1.85 bits per heavy atom. The minimum atomic E-state index is -0.262. The van der Waals surface area contributed by atoms with E-state index in [4.69, 9.17) is 9.73 Å². The molecule has 0 fully saturated rings. The van der Waals surface area contributed by atoms with Crippen LogP contribution in [0.5, 0.6) is 5.75 Å². The Labute approximate surface area is 198 Å². The summed E-state index contributed by atoms with van der Waals surface area (Å²) in [6, 6.07) is 16.9. The van der Waals surface area contributed by atoms with Gasteiger partial charge in [-0.2, -0.15) is 0 Å². The fraction of sp³-hybridized carbons (Fsp3) is 0.296. The number of hydrogen-bond acceptors (Lipinski definition) is 5. The molecule has 0 spiro atoms. The van der Waals surface area contributed by atoms with Crippen LogP contribution in [0.15, 0.2) is 65.0 Å². The molecule has 1 N–H and O–H groups in total. The van der Waals surface area contributed by atoms with Crippen molar-refractivity contribution in [3.8, 4) is 5.75 Å². The average Bonchev–Trinajstić information content (AvgIpc) is 3.31. The van der Waals surface area contributed by atoms with E-state index in [1.165, 1.54) is 10.4 Å². The number of carbonyl (C=O) groups excluding carboxylic acids is 2. The van der Waals surface area contributed by atoms with Gasteiger partial charge in [0.2, 0.25) is 0 Å². The lowest BCUT2D eigenvalue weighted by Crippen LogP contribution is -2.30. The molecule has 0 saturated heterocycles. The highest BCUT2D eigenvalue weighted by molar-refractivity contribution is 7.09. The van der Waals surface area contributed by atoms with Gasteiger partial charge in [-0.05, 0) is 68.0 Å². The molecule has 1 aromatic heterocycles. The van der Waals surface area contributed by atoms with Crippen LogP contribution < -0.4 is 10.1 Å². The largest absolute Gasteiger partial charge is 0.497 e. The summed E-state index contributed by atoms with van der Waals surface area (Å²) in [5.74, 6) is 0.595. The molecule has 0 unspecified atom stereocenters. The number of nitrogens with one attached hydrogen (secondary N) is 1. The molecular formula is C27H28N2O3S. The van der Waals surface area contributed by atoms with Gasteiger partial charge in [0.25, 0.3) is 5.91 Å². The van der Waals surface area contributed by atoms with E-state index in [0.29, 0.717) is 17.7 Å². The molecule has 0 saturated carbocycles. The summed E-state index contributed by atoms with van der Waals surface area (Å²) in [4.78, 5) is 31.6. The topological polar surface area (TPSA) is 67.8 Å². The van der Waals surface area contributed by atoms with Crippen LogP contribution in [-0.4, -0.2) is 36.6 Å². The molecule has 1 aliphatic heterocycles. The van der Waals surface area contributed by atoms with E-state index in [-0.39, 0.29) is 23.7 Å². The number of benzene rings is 2. The molecule has 1 amide bonds. The van der Waals surface area contributed by atoms with Crippen LogP contribution in [-0.2, 0) is 12.8 Å². The van der Waals surface area contributed by atoms with Gasteiger partial charge in [0.05, 0.1) is 24.8 Å². The number of ketones is 1. The summed E-state index contributed by atoms with van der Waals surface area (Å²) >= 11 is 1.68. The number of carbonyl (C=O) groups is 2. The highest BCUT2D eigenvalue weighted by Crippen LogP contribution is 2.31. The van der Waals surface area contributed by atoms with Gasteiger partial charge in [0.15, 0.2) is 5.78 Å². The number of ether oxygens (including phenoxy) is 1. The Morgan fingerprint density at radius 1 is 1.09 bits per heavy atom. The van der Waals surface area contributed by atoms with Crippen LogP contribution in [0.3, 0.4) is 0 Å². The van der Waals surface area contributed by atoms with Crippen molar-refractivity contribution in [1.82, 2.24) is 5.32 Å². The maximum Gasteiger partial charge on any atom is 0.251 e. The SMILES string of the molecule is COc1ccc2c(c1)C(CC(=O)c1ccc(C(=O)NCCc3cccs3)cc1)=NC(C)(C)C2. The van der Waals surface area contributed by atoms with Crippen molar-refractivity contribution in [2.75, 3.05) is 13.7 Å². The van der Waals surface area contributed by atoms with Crippen LogP contribution in [0, 0.1) is 0 Å². The molecule has 2 aromatic carbocycles. The summed E-state index contributed by atoms with van der Waals surface area (Å²) in [6.45, 7) is 4.74. The zero-order valence-electron chi connectivity index (χ0n) is 19.2. The molecular weight excluding hydrogens is 432 g/mol. The molecule has 0 radical (unpaired) electrons. The number of hydrogen-bond donors (Lipinski definition) is 1. The van der Waals surface area contributed by atoms with Gasteiger partial charge in [-0.1, -0.05) is 24.3 Å². The summed E-state index contributed by atoms with van der Waals surface area (Å²) in [5.41, 5.74) is 3.78. The van der Waals surface area contributed by atoms with Gasteiger partial charge >= 0.3 is 0 Å². The molecule has 1 aliphatic rings. The molecule has 0 aliphatic carbocycles. The highest BCUT2D eigenvalue weighted by Gasteiger charge is 2.28. The number of rotatable bonds is 8. The van der Waals surface area contributed by atoms with Crippen LogP contribution >= 0.6 is 11.3 Å². The van der Waals surface area contributed by atoms with Crippen molar-refractivity contribution >= 4 is 28.7 Å². The molecule has 6 heteroatoms. The first-order chi connectivity index (χ1) is 15.8. The Bertz CT molecular complexity index is 1180. The molecule has 2 heterocycles. The normalized spacial score (nSPS) is 14.2. The first kappa shape index (κ1) is 22.9. The minimum absolute atomic E-state index is 0.0233. The second kappa shape index (κ2) is 9.71. The third-order valence-corrected chi connectivity index (χ3v) is 6.66. The number of nitrogens with zero attached hydrogens (tertiary/aromatic N) is 1. The molecule has 4 rings (SSSR count). The van der Waals surface area contributed by atoms with Crippen LogP contribution in [0.2, 0.25) is 0 Å². The second-order valence-corrected chi connectivity index (χ2v) is 9.87. The van der Waals surface area contributed by atoms with Gasteiger partial charge in [0.1, 0.15) is 5.75 Å². The Kier molecular flexibility index (Phi) is 6.75. The van der Waals surface area contributed by atoms with Crippen molar-refractivity contribution in [3.63, 3.8) is 0 Å². The lowest BCUT2D eigenvalue weighted by molar-refractivity contribution is 0.0951. The lowest BCUT2D eigenvalue weighted by atomic mass is 9.85. The van der Waals surface area contributed by atoms with E-state index in [9.17, 15) is 9.59 Å². The fourth-order valence-electron chi connectivity index (χ4n) is 4.09. The van der Waals surface area contributed by atoms with Gasteiger partial charge in [-0.15, -0.1) is 11.3 Å². The van der Waals surface area contributed by atoms with Gasteiger partial charge in [-0.3, -0.25) is 14.6 Å². The quantitative estimate of drug-likeness (QED) is 0.474. The number of methoxy groups -OCH3 is 1. The van der Waals surface area contributed by atoms with Gasteiger partial charge in [-0.25, -0.2) is 0 Å². The predicted octanol–water partition coefficient (Wildman–Crippen LogP) is 5.13. The molecule has 170 valence electrons. The van der Waals surface area contributed by atoms with E-state index in [1.807, 2.05) is 23.6 Å². The molecule has 0 bridgehead atoms. The molecule has 33 heavy (non-hydrogen) atoms. The monoisotopic (exact) mass is 460 g/mol. The van der Waals surface area contributed by atoms with Gasteiger partial charge in [0, 0.05) is 28.1 Å². The number of aliphatic imine (C=N–C) groups is 1. The summed E-state index contributed by atoms with van der Waals surface area (Å²) in [5, 5.41) is 4.96. The number of thiophene rings is 1. The summed E-state index contributed by atoms with van der Waals surface area (Å²) < 4.78 is 5.38. The van der Waals surface area contributed by atoms with E-state index in [2.05, 4.69) is 31.3 Å². The number of amides is 1. The Morgan fingerprint density at radius 3 is 2.55 bits per heavy atom. The smallest absolute Gasteiger partial charge is 0.251 e. The van der Waals surface area contributed by atoms with Crippen LogP contribution in [0.1, 0.15) is 57.0 Å². The van der Waals surface area contributed by atoms with Crippen molar-refractivity contribution in [2.24, 2.45) is 4.99 Å². The van der Waals surface area contributed by atoms with E-state index in [0.717, 1.165) is 29.9 Å². The summed E-state index contributed by atoms with van der Waals surface area (Å²) in [6.07, 6.45) is 1.83. The number of Topliss-reactive ketones (excluding diaryl/α,β-unsaturated/α-hetero) is 1. The first-order valence-corrected chi connectivity index (χ1v) is 11.9. The lowest BCUT2D eigenvalue weighted by Gasteiger charge is -2.29. The van der Waals surface area contributed by atoms with Crippen molar-refractivity contribution in [1.29, 1.82) is 0 Å². The Balaban J connectivity index is 1.43. The molecule has 3 aromatic rings. The fourth-order valence-corrected chi connectivity index (χ4v) is 4.80. The maximum atomic E-state index is 13.1. The van der Waals surface area contributed by atoms with Crippen LogP contribution in [0.4, 0.5) is 0 Å². The zero-order valence-corrected chi connectivity index (χ0v) is 20.0. The first-order valence-electron chi connectivity index (χ1n) is 11.0. The van der Waals surface area contributed by atoms with Crippen molar-refractivity contribution in [2.45, 2.75) is 38.6 Å². The average molecular weight is 461 g/mol. The van der Waals surface area contributed by atoms with Crippen molar-refractivity contribution in [3.05, 3.63) is 87.1 Å². The van der Waals surface area contributed by atoms with Gasteiger partial charge < -0.3 is 10.1 Å². The highest BCUT2D eigenvalue weighted by atomic mass is 32.1. The van der Waals surface area contributed by atoms with E-state index >= 15 is 0 Å². The zero-order chi connectivity index (χ0) is 23.4. The second-order valence-electron chi connectivity index (χ2n) is 8.83. The molecule has 0 atom stereocenters. The van der Waals surface area contributed by atoms with E-state index in [1.54, 1.807) is 42.7 Å². The van der Waals surface area contributed by atoms with E-state index < -0.39 is 0 Å². The predicted molar refractivity (Wildman–Crippen MR) is 133 cm³/mol. The summed E-state index contributed by atoms with van der Waals surface area (Å²) in [7, 11) is 1.64. The third-order valence-electron chi connectivity index (χ3n) is 5.72. The molecule has 5 nitrogen and oxygen atoms in total. The maximum absolute atomic E-state index is 13.1. The van der Waals surface area contributed by atoms with Crippen LogP contribution in [0.25, 0.3) is 0 Å². The third kappa shape index (κ3) is 5.57. The Hall–Kier alpha value is -3.25. The standard InChI is InChI=1S/C27H28N2O3S/c1-27(2)17-20-10-11-21(32-3)15-23(20)24(29-27)16-25(30)18-6-8-19(9-7-18)26(31)28-13-12-22-5-4-14-33-22/h4-11,14-15H,12-13,16-17H2,1-3H3,(H,28,31). The van der Waals surface area contributed by atoms with Crippen molar-refractivity contribution < 1.29 is 14.3 Å². The minimum Gasteiger partial charge on any atom is -0.497 e. The number of fused-ring (bicyclic) bond motifs is 1.